The highest BCUT2D eigenvalue weighted by atomic mass is 19.2. The van der Waals surface area contributed by atoms with E-state index in [0.717, 1.165) is 5.56 Å². The molecule has 2 aromatic rings. The molecule has 0 saturated carbocycles. The van der Waals surface area contributed by atoms with E-state index in [1.807, 2.05) is 0 Å². The number of rotatable bonds is 4. The number of benzene rings is 1. The van der Waals surface area contributed by atoms with Crippen LogP contribution >= 0.6 is 0 Å². The van der Waals surface area contributed by atoms with Gasteiger partial charge < -0.3 is 9.47 Å². The summed E-state index contributed by atoms with van der Waals surface area (Å²) >= 11 is 0. The van der Waals surface area contributed by atoms with Crippen LogP contribution in [-0.2, 0) is 11.3 Å². The molecule has 0 N–H and O–H groups in total. The van der Waals surface area contributed by atoms with Gasteiger partial charge in [0.2, 0.25) is 0 Å². The minimum Gasteiger partial charge on any atom is -0.436 e. The van der Waals surface area contributed by atoms with Crippen LogP contribution in [0.3, 0.4) is 0 Å². The summed E-state index contributed by atoms with van der Waals surface area (Å²) < 4.78 is 49.0. The minimum absolute atomic E-state index is 0.256. The summed E-state index contributed by atoms with van der Waals surface area (Å²) in [5.74, 6) is -4.21. The number of hydrogen-bond donors (Lipinski definition) is 0. The van der Waals surface area contributed by atoms with Crippen molar-refractivity contribution in [2.75, 3.05) is 7.11 Å². The summed E-state index contributed by atoms with van der Waals surface area (Å²) in [6, 6.07) is 6.97. The third kappa shape index (κ3) is 3.23. The van der Waals surface area contributed by atoms with Crippen LogP contribution in [0, 0.1) is 17.6 Å². The van der Waals surface area contributed by atoms with Crippen molar-refractivity contribution >= 4 is 0 Å². The second-order valence-corrected chi connectivity index (χ2v) is 3.73. The van der Waals surface area contributed by atoms with Crippen molar-refractivity contribution in [3.05, 3.63) is 53.5 Å². The van der Waals surface area contributed by atoms with Gasteiger partial charge in [0, 0.05) is 13.2 Å². The summed E-state index contributed by atoms with van der Waals surface area (Å²) in [6.07, 6.45) is 0. The van der Waals surface area contributed by atoms with Gasteiger partial charge in [-0.15, -0.1) is 0 Å². The van der Waals surface area contributed by atoms with E-state index < -0.39 is 23.5 Å². The maximum Gasteiger partial charge on any atom is 0.258 e. The molecule has 3 nitrogen and oxygen atoms in total. The molecule has 0 fully saturated rings. The van der Waals surface area contributed by atoms with Crippen molar-refractivity contribution in [2.24, 2.45) is 0 Å². The number of hydrogen-bond acceptors (Lipinski definition) is 3. The Morgan fingerprint density at radius 1 is 1.11 bits per heavy atom. The lowest BCUT2D eigenvalue weighted by Gasteiger charge is -2.07. The van der Waals surface area contributed by atoms with E-state index >= 15 is 0 Å². The number of halogens is 3. The largest absolute Gasteiger partial charge is 0.436 e. The average molecular weight is 269 g/mol. The quantitative estimate of drug-likeness (QED) is 0.797. The van der Waals surface area contributed by atoms with Crippen LogP contribution in [0.1, 0.15) is 5.56 Å². The van der Waals surface area contributed by atoms with Crippen molar-refractivity contribution in [3.8, 4) is 11.6 Å². The summed E-state index contributed by atoms with van der Waals surface area (Å²) in [7, 11) is 1.53. The normalized spacial score (nSPS) is 10.5. The van der Waals surface area contributed by atoms with Gasteiger partial charge in [-0.3, -0.25) is 0 Å². The van der Waals surface area contributed by atoms with Gasteiger partial charge in [0.15, 0.2) is 11.6 Å². The lowest BCUT2D eigenvalue weighted by Crippen LogP contribution is -1.98. The predicted molar refractivity (Wildman–Crippen MR) is 61.3 cm³/mol. The number of ether oxygens (including phenoxy) is 2. The van der Waals surface area contributed by atoms with Crippen molar-refractivity contribution in [2.45, 2.75) is 6.61 Å². The number of pyridine rings is 1. The van der Waals surface area contributed by atoms with E-state index in [0.29, 0.717) is 12.7 Å². The second-order valence-electron chi connectivity index (χ2n) is 3.73. The van der Waals surface area contributed by atoms with E-state index in [4.69, 9.17) is 9.47 Å². The molecule has 0 aliphatic rings. The molecule has 19 heavy (non-hydrogen) atoms. The Kier molecular flexibility index (Phi) is 4.01. The molecule has 0 amide bonds. The molecule has 0 aliphatic carbocycles. The summed E-state index contributed by atoms with van der Waals surface area (Å²) in [4.78, 5) is 3.07. The van der Waals surface area contributed by atoms with Crippen LogP contribution in [0.15, 0.2) is 30.3 Å². The monoisotopic (exact) mass is 269 g/mol. The van der Waals surface area contributed by atoms with Gasteiger partial charge in [0.25, 0.3) is 11.8 Å². The Labute approximate surface area is 107 Å². The average Bonchev–Trinajstić information content (AvgIpc) is 2.37. The highest BCUT2D eigenvalue weighted by Crippen LogP contribution is 2.24. The van der Waals surface area contributed by atoms with Crippen molar-refractivity contribution < 1.29 is 22.6 Å². The van der Waals surface area contributed by atoms with Crippen molar-refractivity contribution in [1.82, 2.24) is 4.98 Å². The molecule has 100 valence electrons. The summed E-state index contributed by atoms with van der Waals surface area (Å²) in [5.41, 5.74) is 0.794. The predicted octanol–water partition coefficient (Wildman–Crippen LogP) is 3.44. The Bertz CT molecular complexity index is 590. The lowest BCUT2D eigenvalue weighted by atomic mass is 10.2. The van der Waals surface area contributed by atoms with E-state index in [1.165, 1.54) is 7.11 Å². The van der Waals surface area contributed by atoms with Crippen molar-refractivity contribution in [1.29, 1.82) is 0 Å². The highest BCUT2D eigenvalue weighted by Gasteiger charge is 2.13. The van der Waals surface area contributed by atoms with Crippen LogP contribution in [0.25, 0.3) is 0 Å². The number of aromatic nitrogens is 1. The summed E-state index contributed by atoms with van der Waals surface area (Å²) in [5, 5.41) is 0. The summed E-state index contributed by atoms with van der Waals surface area (Å²) in [6.45, 7) is 0.352. The molecule has 2 rings (SSSR count). The van der Waals surface area contributed by atoms with E-state index in [1.54, 1.807) is 24.3 Å². The van der Waals surface area contributed by atoms with Gasteiger partial charge in [-0.05, 0) is 17.7 Å². The van der Waals surface area contributed by atoms with Gasteiger partial charge in [-0.1, -0.05) is 12.1 Å². The fraction of sp³-hybridized carbons (Fsp3) is 0.154. The van der Waals surface area contributed by atoms with Gasteiger partial charge in [0.05, 0.1) is 6.61 Å². The first-order valence-corrected chi connectivity index (χ1v) is 5.37. The Hall–Kier alpha value is -2.08. The standard InChI is InChI=1S/C13H10F3NO2/c1-18-7-8-3-2-4-9(5-8)19-13-11(15)6-10(14)12(16)17-13/h2-6H,7H2,1H3. The second kappa shape index (κ2) is 5.71. The van der Waals surface area contributed by atoms with Crippen LogP contribution in [0.5, 0.6) is 11.6 Å². The zero-order valence-corrected chi connectivity index (χ0v) is 9.99. The fourth-order valence-electron chi connectivity index (χ4n) is 1.48. The van der Waals surface area contributed by atoms with E-state index in [9.17, 15) is 13.2 Å². The number of nitrogens with zero attached hydrogens (tertiary/aromatic N) is 1. The maximum atomic E-state index is 13.3. The molecule has 6 heteroatoms. The molecular formula is C13H10F3NO2. The van der Waals surface area contributed by atoms with Gasteiger partial charge >= 0.3 is 0 Å². The third-order valence-corrected chi connectivity index (χ3v) is 2.28. The van der Waals surface area contributed by atoms with Gasteiger partial charge in [-0.25, -0.2) is 8.78 Å². The van der Waals surface area contributed by atoms with Gasteiger partial charge in [-0.2, -0.15) is 9.37 Å². The molecule has 0 radical (unpaired) electrons. The first kappa shape index (κ1) is 13.4. The molecular weight excluding hydrogens is 259 g/mol. The maximum absolute atomic E-state index is 13.3. The molecule has 0 saturated heterocycles. The highest BCUT2D eigenvalue weighted by molar-refractivity contribution is 5.31. The molecule has 0 spiro atoms. The van der Waals surface area contributed by atoms with Crippen LogP contribution in [0.2, 0.25) is 0 Å². The van der Waals surface area contributed by atoms with Crippen LogP contribution < -0.4 is 4.74 Å². The Morgan fingerprint density at radius 2 is 1.89 bits per heavy atom. The Balaban J connectivity index is 2.25. The molecule has 0 atom stereocenters. The SMILES string of the molecule is COCc1cccc(Oc2nc(F)c(F)cc2F)c1. The van der Waals surface area contributed by atoms with Crippen LogP contribution in [-0.4, -0.2) is 12.1 Å². The minimum atomic E-state index is -1.41. The van der Waals surface area contributed by atoms with Gasteiger partial charge in [0.1, 0.15) is 5.75 Å². The first-order valence-electron chi connectivity index (χ1n) is 5.37. The van der Waals surface area contributed by atoms with E-state index in [2.05, 4.69) is 4.98 Å². The number of methoxy groups -OCH3 is 1. The zero-order valence-electron chi connectivity index (χ0n) is 9.99. The van der Waals surface area contributed by atoms with Crippen molar-refractivity contribution in [3.63, 3.8) is 0 Å². The lowest BCUT2D eigenvalue weighted by molar-refractivity contribution is 0.184. The molecule has 0 unspecified atom stereocenters. The molecule has 1 heterocycles. The van der Waals surface area contributed by atoms with E-state index in [-0.39, 0.29) is 5.75 Å². The first-order chi connectivity index (χ1) is 9.10. The topological polar surface area (TPSA) is 31.4 Å². The molecule has 1 aromatic heterocycles. The van der Waals surface area contributed by atoms with Crippen LogP contribution in [0.4, 0.5) is 13.2 Å². The third-order valence-electron chi connectivity index (χ3n) is 2.28. The molecule has 0 aliphatic heterocycles. The zero-order chi connectivity index (χ0) is 13.8. The molecule has 0 bridgehead atoms. The Morgan fingerprint density at radius 3 is 2.63 bits per heavy atom. The fourth-order valence-corrected chi connectivity index (χ4v) is 1.48. The molecule has 1 aromatic carbocycles. The smallest absolute Gasteiger partial charge is 0.258 e.